The molecule has 11 heteroatoms. The Morgan fingerprint density at radius 3 is 2.14 bits per heavy atom. The van der Waals surface area contributed by atoms with Gasteiger partial charge >= 0.3 is 0 Å². The van der Waals surface area contributed by atoms with E-state index in [9.17, 15) is 21.6 Å². The van der Waals surface area contributed by atoms with Crippen LogP contribution in [0.5, 0.6) is 0 Å². The number of anilines is 1. The molecular weight excluding hydrogens is 484 g/mol. The molecule has 0 fully saturated rings. The number of hydrogen-bond acceptors (Lipinski definition) is 4. The topological polar surface area (TPSA) is 87.7 Å². The fourth-order valence-electron chi connectivity index (χ4n) is 3.61. The Morgan fingerprint density at radius 1 is 0.743 bits per heavy atom. The summed E-state index contributed by atoms with van der Waals surface area (Å²) in [6.07, 6.45) is 1.20. The van der Waals surface area contributed by atoms with Gasteiger partial charge in [0.15, 0.2) is 0 Å². The number of benzene rings is 3. The highest BCUT2D eigenvalue weighted by Crippen LogP contribution is 2.33. The molecule has 0 spiro atoms. The lowest BCUT2D eigenvalue weighted by molar-refractivity contribution is 0.585. The second-order valence-electron chi connectivity index (χ2n) is 7.55. The van der Waals surface area contributed by atoms with Crippen LogP contribution in [0.3, 0.4) is 0 Å². The summed E-state index contributed by atoms with van der Waals surface area (Å²) in [5.41, 5.74) is 0.876. The van der Waals surface area contributed by atoms with E-state index < -0.39 is 33.3 Å². The van der Waals surface area contributed by atoms with E-state index in [0.29, 0.717) is 16.7 Å². The number of nitrogens with zero attached hydrogens (tertiary/aromatic N) is 2. The maximum Gasteiger partial charge on any atom is 0.261 e. The molecule has 5 rings (SSSR count). The van der Waals surface area contributed by atoms with Crippen LogP contribution in [-0.2, 0) is 10.0 Å². The van der Waals surface area contributed by atoms with E-state index in [1.54, 1.807) is 0 Å². The number of rotatable bonds is 5. The number of sulfonamides is 1. The zero-order chi connectivity index (χ0) is 24.7. The van der Waals surface area contributed by atoms with Gasteiger partial charge in [-0.15, -0.1) is 0 Å². The SMILES string of the molecule is O=S(=O)(Nc1ccc(-c2ncnc3[nH]c(-c4ccc(F)cc4F)cc23)c(F)c1)c1ccc(F)cc1. The third kappa shape index (κ3) is 4.33. The van der Waals surface area contributed by atoms with Crippen molar-refractivity contribution in [3.05, 3.63) is 96.3 Å². The summed E-state index contributed by atoms with van der Waals surface area (Å²) in [5, 5.41) is 0.379. The molecule has 2 heterocycles. The summed E-state index contributed by atoms with van der Waals surface area (Å²) in [4.78, 5) is 11.0. The van der Waals surface area contributed by atoms with Gasteiger partial charge in [0.25, 0.3) is 10.0 Å². The average Bonchev–Trinajstić information content (AvgIpc) is 3.23. The molecule has 0 unspecified atom stereocenters. The van der Waals surface area contributed by atoms with E-state index in [1.165, 1.54) is 30.6 Å². The van der Waals surface area contributed by atoms with Crippen molar-refractivity contribution in [3.8, 4) is 22.5 Å². The minimum absolute atomic E-state index is 0.0484. The largest absolute Gasteiger partial charge is 0.339 e. The molecule has 176 valence electrons. The van der Waals surface area contributed by atoms with Gasteiger partial charge in [0.1, 0.15) is 35.2 Å². The molecule has 2 aromatic heterocycles. The van der Waals surface area contributed by atoms with E-state index >= 15 is 4.39 Å². The zero-order valence-electron chi connectivity index (χ0n) is 17.6. The van der Waals surface area contributed by atoms with E-state index in [2.05, 4.69) is 19.7 Å². The predicted octanol–water partition coefficient (Wildman–Crippen LogP) is 5.65. The number of aromatic amines is 1. The predicted molar refractivity (Wildman–Crippen MR) is 122 cm³/mol. The van der Waals surface area contributed by atoms with Crippen LogP contribution in [0.25, 0.3) is 33.5 Å². The molecular formula is C24H14F4N4O2S. The number of hydrogen-bond donors (Lipinski definition) is 2. The maximum absolute atomic E-state index is 15.1. The van der Waals surface area contributed by atoms with Crippen molar-refractivity contribution < 1.29 is 26.0 Å². The summed E-state index contributed by atoms with van der Waals surface area (Å²) < 4.78 is 82.9. The van der Waals surface area contributed by atoms with Gasteiger partial charge in [-0.3, -0.25) is 4.72 Å². The lowest BCUT2D eigenvalue weighted by Gasteiger charge is -2.10. The fraction of sp³-hybridized carbons (Fsp3) is 0. The lowest BCUT2D eigenvalue weighted by atomic mass is 10.1. The second kappa shape index (κ2) is 8.51. The zero-order valence-corrected chi connectivity index (χ0v) is 18.4. The molecule has 5 aromatic rings. The van der Waals surface area contributed by atoms with Gasteiger partial charge in [0.05, 0.1) is 22.0 Å². The number of nitrogens with one attached hydrogen (secondary N) is 2. The highest BCUT2D eigenvalue weighted by Gasteiger charge is 2.18. The van der Waals surface area contributed by atoms with Crippen molar-refractivity contribution in [3.63, 3.8) is 0 Å². The van der Waals surface area contributed by atoms with E-state index in [4.69, 9.17) is 0 Å². The summed E-state index contributed by atoms with van der Waals surface area (Å²) in [6.45, 7) is 0. The molecule has 3 aromatic carbocycles. The van der Waals surface area contributed by atoms with Gasteiger partial charge < -0.3 is 4.98 Å². The number of fused-ring (bicyclic) bond motifs is 1. The monoisotopic (exact) mass is 498 g/mol. The minimum Gasteiger partial charge on any atom is -0.339 e. The first kappa shape index (κ1) is 22.5. The number of H-pyrrole nitrogens is 1. The van der Waals surface area contributed by atoms with Gasteiger partial charge in [-0.1, -0.05) is 0 Å². The summed E-state index contributed by atoms with van der Waals surface area (Å²) in [7, 11) is -4.07. The van der Waals surface area contributed by atoms with Crippen LogP contribution in [0.15, 0.2) is 78.0 Å². The lowest BCUT2D eigenvalue weighted by Crippen LogP contribution is -2.13. The van der Waals surface area contributed by atoms with Gasteiger partial charge in [-0.2, -0.15) is 0 Å². The van der Waals surface area contributed by atoms with Crippen LogP contribution >= 0.6 is 0 Å². The standard InChI is InChI=1S/C24H14F4N4O2S/c25-13-1-5-16(6-2-13)35(33,34)32-15-4-8-18(21(28)10-15)23-19-11-22(31-24(19)30-12-29-23)17-7-3-14(26)9-20(17)27/h1-12,32H,(H,29,30,31). The molecule has 0 saturated heterocycles. The Bertz CT molecular complexity index is 1690. The molecule has 0 aliphatic heterocycles. The second-order valence-corrected chi connectivity index (χ2v) is 9.23. The van der Waals surface area contributed by atoms with Gasteiger partial charge in [0.2, 0.25) is 0 Å². The third-order valence-corrected chi connectivity index (χ3v) is 6.64. The third-order valence-electron chi connectivity index (χ3n) is 5.25. The summed E-state index contributed by atoms with van der Waals surface area (Å²) >= 11 is 0. The smallest absolute Gasteiger partial charge is 0.261 e. The first-order valence-corrected chi connectivity index (χ1v) is 11.6. The van der Waals surface area contributed by atoms with Crippen LogP contribution in [0.1, 0.15) is 0 Å². The highest BCUT2D eigenvalue weighted by atomic mass is 32.2. The Morgan fingerprint density at radius 2 is 1.43 bits per heavy atom. The van der Waals surface area contributed by atoms with Gasteiger partial charge in [0, 0.05) is 22.6 Å². The first-order chi connectivity index (χ1) is 16.7. The molecule has 0 saturated carbocycles. The van der Waals surface area contributed by atoms with Crippen molar-refractivity contribution in [1.29, 1.82) is 0 Å². The maximum atomic E-state index is 15.1. The van der Waals surface area contributed by atoms with E-state index in [1.807, 2.05) is 0 Å². The number of aromatic nitrogens is 3. The van der Waals surface area contributed by atoms with Crippen molar-refractivity contribution in [2.45, 2.75) is 4.90 Å². The Kier molecular flexibility index (Phi) is 5.48. The molecule has 35 heavy (non-hydrogen) atoms. The van der Waals surface area contributed by atoms with Crippen LogP contribution in [-0.4, -0.2) is 23.4 Å². The van der Waals surface area contributed by atoms with Crippen molar-refractivity contribution in [2.24, 2.45) is 0 Å². The van der Waals surface area contributed by atoms with Crippen LogP contribution in [0, 0.1) is 23.3 Å². The average molecular weight is 498 g/mol. The molecule has 0 radical (unpaired) electrons. The van der Waals surface area contributed by atoms with Crippen molar-refractivity contribution in [2.75, 3.05) is 4.72 Å². The molecule has 0 amide bonds. The molecule has 6 nitrogen and oxygen atoms in total. The Hall–Kier alpha value is -4.25. The van der Waals surface area contributed by atoms with E-state index in [-0.39, 0.29) is 27.4 Å². The van der Waals surface area contributed by atoms with Crippen LogP contribution in [0.2, 0.25) is 0 Å². The van der Waals surface area contributed by atoms with Crippen LogP contribution < -0.4 is 4.72 Å². The van der Waals surface area contributed by atoms with E-state index in [0.717, 1.165) is 42.5 Å². The van der Waals surface area contributed by atoms with Gasteiger partial charge in [-0.05, 0) is 60.7 Å². The minimum atomic E-state index is -4.07. The summed E-state index contributed by atoms with van der Waals surface area (Å²) in [6, 6.07) is 12.5. The number of halogens is 4. The molecule has 0 aliphatic rings. The first-order valence-electron chi connectivity index (χ1n) is 10.1. The quantitative estimate of drug-likeness (QED) is 0.307. The summed E-state index contributed by atoms with van der Waals surface area (Å²) in [5.74, 6) is -2.87. The molecule has 0 atom stereocenters. The molecule has 0 aliphatic carbocycles. The normalized spacial score (nSPS) is 11.7. The van der Waals surface area contributed by atoms with Crippen LogP contribution in [0.4, 0.5) is 23.2 Å². The fourth-order valence-corrected chi connectivity index (χ4v) is 4.66. The molecule has 0 bridgehead atoms. The van der Waals surface area contributed by atoms with Crippen molar-refractivity contribution in [1.82, 2.24) is 15.0 Å². The van der Waals surface area contributed by atoms with Gasteiger partial charge in [-0.25, -0.2) is 35.9 Å². The molecule has 2 N–H and O–H groups in total. The Balaban J connectivity index is 1.50. The Labute approximate surface area is 196 Å². The van der Waals surface area contributed by atoms with Crippen molar-refractivity contribution >= 4 is 26.7 Å². The highest BCUT2D eigenvalue weighted by molar-refractivity contribution is 7.92.